The quantitative estimate of drug-likeness (QED) is 0.847. The highest BCUT2D eigenvalue weighted by atomic mass is 16.4. The van der Waals surface area contributed by atoms with Crippen LogP contribution in [0, 0.1) is 6.92 Å². The molecule has 0 spiro atoms. The molecular weight excluding hydrogens is 250 g/mol. The number of benzene rings is 1. The van der Waals surface area contributed by atoms with Gasteiger partial charge in [-0.25, -0.2) is 4.79 Å². The van der Waals surface area contributed by atoms with E-state index in [4.69, 9.17) is 0 Å². The molecule has 20 heavy (non-hydrogen) atoms. The number of hydrogen-bond acceptors (Lipinski definition) is 1. The van der Waals surface area contributed by atoms with Crippen LogP contribution in [0.3, 0.4) is 0 Å². The Kier molecular flexibility index (Phi) is 4.48. The standard InChI is InChI=1S/C17H23NO2/c1-4-6-7-13-11-18(8-5-2)16-14(13)9-12(3)10-15(16)17(19)20/h9-11H,4-8H2,1-3H3,(H,19,20). The van der Waals surface area contributed by atoms with Crippen molar-refractivity contribution in [2.75, 3.05) is 0 Å². The zero-order valence-electron chi connectivity index (χ0n) is 12.6. The summed E-state index contributed by atoms with van der Waals surface area (Å²) in [5.41, 5.74) is 3.61. The number of rotatable bonds is 6. The van der Waals surface area contributed by atoms with Gasteiger partial charge in [0.15, 0.2) is 0 Å². The third-order valence-electron chi connectivity index (χ3n) is 3.69. The van der Waals surface area contributed by atoms with Crippen LogP contribution in [-0.4, -0.2) is 15.6 Å². The lowest BCUT2D eigenvalue weighted by Gasteiger charge is -2.07. The first kappa shape index (κ1) is 14.6. The Morgan fingerprint density at radius 2 is 2.00 bits per heavy atom. The van der Waals surface area contributed by atoms with Crippen molar-refractivity contribution < 1.29 is 9.90 Å². The first-order chi connectivity index (χ1) is 9.58. The minimum absolute atomic E-state index is 0.427. The van der Waals surface area contributed by atoms with Gasteiger partial charge in [-0.1, -0.05) is 20.3 Å². The average Bonchev–Trinajstić information content (AvgIpc) is 2.74. The van der Waals surface area contributed by atoms with Crippen molar-refractivity contribution in [2.24, 2.45) is 0 Å². The van der Waals surface area contributed by atoms with Crippen LogP contribution in [0.4, 0.5) is 0 Å². The van der Waals surface area contributed by atoms with Gasteiger partial charge in [-0.3, -0.25) is 0 Å². The molecule has 3 nitrogen and oxygen atoms in total. The number of aromatic nitrogens is 1. The molecule has 1 heterocycles. The topological polar surface area (TPSA) is 42.2 Å². The molecule has 108 valence electrons. The van der Waals surface area contributed by atoms with Crippen LogP contribution in [0.5, 0.6) is 0 Å². The summed E-state index contributed by atoms with van der Waals surface area (Å²) in [4.78, 5) is 11.5. The van der Waals surface area contributed by atoms with Gasteiger partial charge in [0.25, 0.3) is 0 Å². The van der Waals surface area contributed by atoms with Gasteiger partial charge in [-0.2, -0.15) is 0 Å². The molecule has 0 bridgehead atoms. The van der Waals surface area contributed by atoms with Crippen molar-refractivity contribution in [2.45, 2.75) is 53.0 Å². The molecule has 0 aliphatic carbocycles. The second kappa shape index (κ2) is 6.12. The van der Waals surface area contributed by atoms with Crippen LogP contribution >= 0.6 is 0 Å². The summed E-state index contributed by atoms with van der Waals surface area (Å²) >= 11 is 0. The van der Waals surface area contributed by atoms with E-state index in [9.17, 15) is 9.90 Å². The molecule has 0 saturated heterocycles. The van der Waals surface area contributed by atoms with Crippen LogP contribution in [-0.2, 0) is 13.0 Å². The van der Waals surface area contributed by atoms with Crippen LogP contribution in [0.25, 0.3) is 10.9 Å². The van der Waals surface area contributed by atoms with E-state index in [-0.39, 0.29) is 0 Å². The summed E-state index contributed by atoms with van der Waals surface area (Å²) < 4.78 is 2.11. The molecule has 0 atom stereocenters. The summed E-state index contributed by atoms with van der Waals surface area (Å²) in [6, 6.07) is 3.90. The third-order valence-corrected chi connectivity index (χ3v) is 3.69. The highest BCUT2D eigenvalue weighted by molar-refractivity contribution is 6.03. The van der Waals surface area contributed by atoms with E-state index in [0.29, 0.717) is 5.56 Å². The molecule has 0 fully saturated rings. The van der Waals surface area contributed by atoms with Gasteiger partial charge in [0.05, 0.1) is 11.1 Å². The zero-order chi connectivity index (χ0) is 14.7. The van der Waals surface area contributed by atoms with Gasteiger partial charge in [-0.15, -0.1) is 0 Å². The second-order valence-electron chi connectivity index (χ2n) is 5.47. The number of aromatic carboxylic acids is 1. The number of carboxylic acids is 1. The Hall–Kier alpha value is -1.77. The van der Waals surface area contributed by atoms with E-state index in [1.807, 2.05) is 6.92 Å². The molecule has 0 aliphatic heterocycles. The smallest absolute Gasteiger partial charge is 0.337 e. The summed E-state index contributed by atoms with van der Waals surface area (Å²) in [7, 11) is 0. The zero-order valence-corrected chi connectivity index (χ0v) is 12.6. The molecular formula is C17H23NO2. The van der Waals surface area contributed by atoms with Crippen molar-refractivity contribution >= 4 is 16.9 Å². The number of carbonyl (C=O) groups is 1. The predicted octanol–water partition coefficient (Wildman–Crippen LogP) is 4.40. The van der Waals surface area contributed by atoms with Gasteiger partial charge in [0.1, 0.15) is 0 Å². The highest BCUT2D eigenvalue weighted by Crippen LogP contribution is 2.28. The minimum Gasteiger partial charge on any atom is -0.478 e. The Morgan fingerprint density at radius 3 is 2.60 bits per heavy atom. The Balaban J connectivity index is 2.68. The van der Waals surface area contributed by atoms with Crippen LogP contribution in [0.15, 0.2) is 18.3 Å². The maximum absolute atomic E-state index is 11.5. The van der Waals surface area contributed by atoms with E-state index in [1.165, 1.54) is 5.56 Å². The molecule has 3 heteroatoms. The monoisotopic (exact) mass is 273 g/mol. The van der Waals surface area contributed by atoms with E-state index in [1.54, 1.807) is 6.07 Å². The molecule has 2 rings (SSSR count). The third kappa shape index (κ3) is 2.72. The molecule has 0 saturated carbocycles. The van der Waals surface area contributed by atoms with E-state index in [2.05, 4.69) is 30.7 Å². The van der Waals surface area contributed by atoms with Gasteiger partial charge in [-0.05, 0) is 49.4 Å². The molecule has 0 unspecified atom stereocenters. The molecule has 1 aromatic heterocycles. The number of unbranched alkanes of at least 4 members (excludes halogenated alkanes) is 1. The number of fused-ring (bicyclic) bond motifs is 1. The van der Waals surface area contributed by atoms with Crippen molar-refractivity contribution in [3.05, 3.63) is 35.0 Å². The minimum atomic E-state index is -0.837. The fourth-order valence-electron chi connectivity index (χ4n) is 2.80. The van der Waals surface area contributed by atoms with Crippen LogP contribution in [0.1, 0.15) is 54.6 Å². The van der Waals surface area contributed by atoms with Gasteiger partial charge < -0.3 is 9.67 Å². The lowest BCUT2D eigenvalue weighted by Crippen LogP contribution is -2.03. The van der Waals surface area contributed by atoms with Crippen LogP contribution in [0.2, 0.25) is 0 Å². The average molecular weight is 273 g/mol. The van der Waals surface area contributed by atoms with E-state index < -0.39 is 5.97 Å². The number of aryl methyl sites for hydroxylation is 3. The molecule has 0 amide bonds. The first-order valence-electron chi connectivity index (χ1n) is 7.44. The SMILES string of the molecule is CCCCc1cn(CCC)c2c(C(=O)O)cc(C)cc12. The van der Waals surface area contributed by atoms with Crippen LogP contribution < -0.4 is 0 Å². The Morgan fingerprint density at radius 1 is 1.25 bits per heavy atom. The summed E-state index contributed by atoms with van der Waals surface area (Å²) in [5, 5.41) is 10.6. The first-order valence-corrected chi connectivity index (χ1v) is 7.44. The van der Waals surface area contributed by atoms with Crippen molar-refractivity contribution in [3.63, 3.8) is 0 Å². The van der Waals surface area contributed by atoms with Gasteiger partial charge in [0, 0.05) is 18.1 Å². The Bertz CT molecular complexity index is 625. The maximum Gasteiger partial charge on any atom is 0.337 e. The highest BCUT2D eigenvalue weighted by Gasteiger charge is 2.16. The molecule has 1 N–H and O–H groups in total. The lowest BCUT2D eigenvalue weighted by atomic mass is 10.0. The largest absolute Gasteiger partial charge is 0.478 e. The fraction of sp³-hybridized carbons (Fsp3) is 0.471. The summed E-state index contributed by atoms with van der Waals surface area (Å²) in [6.45, 7) is 7.13. The predicted molar refractivity (Wildman–Crippen MR) is 82.5 cm³/mol. The van der Waals surface area contributed by atoms with Gasteiger partial charge >= 0.3 is 5.97 Å². The van der Waals surface area contributed by atoms with E-state index >= 15 is 0 Å². The molecule has 1 aromatic carbocycles. The molecule has 0 radical (unpaired) electrons. The summed E-state index contributed by atoms with van der Waals surface area (Å²) in [6.07, 6.45) is 6.46. The molecule has 2 aromatic rings. The van der Waals surface area contributed by atoms with Gasteiger partial charge in [0.2, 0.25) is 0 Å². The normalized spacial score (nSPS) is 11.2. The maximum atomic E-state index is 11.5. The molecule has 0 aliphatic rings. The lowest BCUT2D eigenvalue weighted by molar-refractivity contribution is 0.0698. The number of carboxylic acid groups (broad SMARTS) is 1. The second-order valence-corrected chi connectivity index (χ2v) is 5.47. The van der Waals surface area contributed by atoms with E-state index in [0.717, 1.165) is 48.7 Å². The Labute approximate surface area is 120 Å². The fourth-order valence-corrected chi connectivity index (χ4v) is 2.80. The summed E-state index contributed by atoms with van der Waals surface area (Å²) in [5.74, 6) is -0.837. The van der Waals surface area contributed by atoms with Crippen molar-refractivity contribution in [3.8, 4) is 0 Å². The number of nitrogens with zero attached hydrogens (tertiary/aromatic N) is 1. The van der Waals surface area contributed by atoms with Crippen molar-refractivity contribution in [1.29, 1.82) is 0 Å². The number of hydrogen-bond donors (Lipinski definition) is 1. The van der Waals surface area contributed by atoms with Crippen molar-refractivity contribution in [1.82, 2.24) is 4.57 Å².